The van der Waals surface area contributed by atoms with Crippen LogP contribution in [-0.4, -0.2) is 6.85 Å². The predicted octanol–water partition coefficient (Wildman–Crippen LogP) is 14.2. The van der Waals surface area contributed by atoms with Crippen LogP contribution in [0.2, 0.25) is 0 Å². The van der Waals surface area contributed by atoms with Gasteiger partial charge < -0.3 is 14.1 Å². The topological polar surface area (TPSA) is 19.6 Å². The lowest BCUT2D eigenvalue weighted by Crippen LogP contribution is -2.63. The highest BCUT2D eigenvalue weighted by Gasteiger charge is 2.53. The van der Waals surface area contributed by atoms with Crippen molar-refractivity contribution in [2.45, 2.75) is 64.7 Å². The number of para-hydroxylation sites is 3. The van der Waals surface area contributed by atoms with Crippen LogP contribution in [0.15, 0.2) is 162 Å². The predicted molar refractivity (Wildman–Crippen MR) is 261 cm³/mol. The molecular weight excluding hydrogens is 751 g/mol. The van der Waals surface area contributed by atoms with Crippen LogP contribution in [-0.2, 0) is 17.3 Å². The van der Waals surface area contributed by atoms with Gasteiger partial charge in [-0.05, 0) is 104 Å². The Hall–Kier alpha value is -6.78. The number of hydrogen-bond acceptors (Lipinski definition) is 3. The summed E-state index contributed by atoms with van der Waals surface area (Å²) in [5.41, 5.74) is 25.0. The van der Waals surface area contributed by atoms with Gasteiger partial charge in [-0.15, -0.1) is 0 Å². The zero-order valence-corrected chi connectivity index (χ0v) is 36.0. The number of aryl methyl sites for hydroxylation is 1. The van der Waals surface area contributed by atoms with Gasteiger partial charge in [-0.3, -0.25) is 0 Å². The fourth-order valence-electron chi connectivity index (χ4n) is 12.0. The van der Waals surface area contributed by atoms with Gasteiger partial charge in [0.1, 0.15) is 11.2 Å². The summed E-state index contributed by atoms with van der Waals surface area (Å²) in [6.07, 6.45) is 3.38. The SMILES string of the molecule is CCCCc1ccc(N2c3cc4oc5ccccc5c4cc3B3c4c2cc2c(c4-c4cccc5c4N3c3ccccc3C5(C)C)-c3ccccc3C2(C)C)c(-c2ccccc2)c1. The van der Waals surface area contributed by atoms with E-state index in [0.29, 0.717) is 0 Å². The first kappa shape index (κ1) is 35.9. The van der Waals surface area contributed by atoms with E-state index in [4.69, 9.17) is 4.42 Å². The molecule has 0 atom stereocenters. The van der Waals surface area contributed by atoms with Crippen molar-refractivity contribution in [3.8, 4) is 33.4 Å². The number of rotatable bonds is 5. The van der Waals surface area contributed by atoms with Gasteiger partial charge >= 0.3 is 6.85 Å². The number of unbranched alkanes of at least 4 members (excludes halogenated alkanes) is 1. The van der Waals surface area contributed by atoms with Gasteiger partial charge in [0.15, 0.2) is 0 Å². The molecule has 0 spiro atoms. The third kappa shape index (κ3) is 4.62. The first-order valence-electron chi connectivity index (χ1n) is 22.5. The molecule has 0 saturated heterocycles. The van der Waals surface area contributed by atoms with E-state index >= 15 is 0 Å². The highest BCUT2D eigenvalue weighted by molar-refractivity contribution is 6.94. The molecule has 3 aliphatic heterocycles. The van der Waals surface area contributed by atoms with Crippen molar-refractivity contribution in [1.82, 2.24) is 0 Å². The minimum atomic E-state index is -0.217. The van der Waals surface area contributed by atoms with Gasteiger partial charge in [-0.25, -0.2) is 0 Å². The zero-order chi connectivity index (χ0) is 41.6. The first-order chi connectivity index (χ1) is 30.3. The largest absolute Gasteiger partial charge is 0.456 e. The molecule has 1 aromatic heterocycles. The Bertz CT molecular complexity index is 3370. The molecule has 4 aliphatic rings. The van der Waals surface area contributed by atoms with Crippen LogP contribution in [0.25, 0.3) is 55.3 Å². The van der Waals surface area contributed by atoms with Gasteiger partial charge in [0.25, 0.3) is 0 Å². The highest BCUT2D eigenvalue weighted by atomic mass is 16.3. The average Bonchev–Trinajstić information content (AvgIpc) is 3.78. The average molecular weight is 799 g/mol. The molecular formula is C58H47BN2O. The fraction of sp³-hybridized carbons (Fsp3) is 0.172. The van der Waals surface area contributed by atoms with Crippen molar-refractivity contribution >= 4 is 68.1 Å². The molecule has 0 radical (unpaired) electrons. The fourth-order valence-corrected chi connectivity index (χ4v) is 12.0. The molecule has 4 heteroatoms. The molecule has 1 aliphatic carbocycles. The van der Waals surface area contributed by atoms with Crippen LogP contribution in [0.5, 0.6) is 0 Å². The van der Waals surface area contributed by atoms with E-state index in [1.165, 1.54) is 94.9 Å². The molecule has 3 nitrogen and oxygen atoms in total. The zero-order valence-electron chi connectivity index (χ0n) is 36.0. The molecule has 0 N–H and O–H groups in total. The van der Waals surface area contributed by atoms with Crippen molar-refractivity contribution in [3.63, 3.8) is 0 Å². The summed E-state index contributed by atoms with van der Waals surface area (Å²) in [4.78, 5) is 5.35. The van der Waals surface area contributed by atoms with Crippen LogP contribution in [0.1, 0.15) is 75.3 Å². The summed E-state index contributed by atoms with van der Waals surface area (Å²) in [5.74, 6) is 0. The molecule has 8 aromatic carbocycles. The summed E-state index contributed by atoms with van der Waals surface area (Å²) < 4.78 is 6.81. The molecule has 0 bridgehead atoms. The molecule has 0 unspecified atom stereocenters. The molecule has 62 heavy (non-hydrogen) atoms. The molecule has 298 valence electrons. The summed E-state index contributed by atoms with van der Waals surface area (Å²) >= 11 is 0. The Kier molecular flexibility index (Phi) is 7.33. The Balaban J connectivity index is 1.23. The van der Waals surface area contributed by atoms with Crippen molar-refractivity contribution in [2.75, 3.05) is 9.71 Å². The molecule has 0 amide bonds. The van der Waals surface area contributed by atoms with Gasteiger partial charge in [0.2, 0.25) is 0 Å². The van der Waals surface area contributed by atoms with E-state index in [9.17, 15) is 0 Å². The van der Waals surface area contributed by atoms with E-state index in [-0.39, 0.29) is 17.7 Å². The normalized spacial score (nSPS) is 15.5. The Labute approximate surface area is 364 Å². The van der Waals surface area contributed by atoms with Crippen LogP contribution in [0, 0.1) is 0 Å². The van der Waals surface area contributed by atoms with Gasteiger partial charge in [-0.1, -0.05) is 162 Å². The van der Waals surface area contributed by atoms with E-state index in [2.05, 4.69) is 202 Å². The summed E-state index contributed by atoms with van der Waals surface area (Å²) in [7, 11) is 0. The third-order valence-electron chi connectivity index (χ3n) is 15.0. The molecule has 0 saturated carbocycles. The minimum absolute atomic E-state index is 0.111. The lowest BCUT2D eigenvalue weighted by atomic mass is 9.42. The van der Waals surface area contributed by atoms with Crippen LogP contribution in [0.3, 0.4) is 0 Å². The van der Waals surface area contributed by atoms with Crippen molar-refractivity contribution < 1.29 is 4.42 Å². The quantitative estimate of drug-likeness (QED) is 0.162. The molecule has 4 heterocycles. The smallest absolute Gasteiger partial charge is 0.333 e. The maximum Gasteiger partial charge on any atom is 0.333 e. The lowest BCUT2D eigenvalue weighted by Gasteiger charge is -2.51. The molecule has 13 rings (SSSR count). The lowest BCUT2D eigenvalue weighted by molar-refractivity contribution is 0.634. The van der Waals surface area contributed by atoms with E-state index in [0.717, 1.165) is 46.9 Å². The van der Waals surface area contributed by atoms with Crippen LogP contribution < -0.4 is 20.6 Å². The maximum atomic E-state index is 6.81. The molecule has 9 aromatic rings. The second-order valence-corrected chi connectivity index (χ2v) is 19.1. The number of furan rings is 1. The summed E-state index contributed by atoms with van der Waals surface area (Å²) in [5, 5.41) is 2.30. The number of nitrogens with zero attached hydrogens (tertiary/aromatic N) is 2. The van der Waals surface area contributed by atoms with Gasteiger partial charge in [0.05, 0.1) is 5.69 Å². The molecule has 0 fully saturated rings. The Morgan fingerprint density at radius 1 is 0.516 bits per heavy atom. The first-order valence-corrected chi connectivity index (χ1v) is 22.5. The Morgan fingerprint density at radius 3 is 2.10 bits per heavy atom. The van der Waals surface area contributed by atoms with E-state index in [1.807, 2.05) is 0 Å². The number of anilines is 5. The second kappa shape index (κ2) is 12.6. The standard InChI is InChI=1S/C58H47BN2O/c1-6-7-18-35-29-30-47(40(31-35)36-19-9-8-10-20-36)60-49-34-52-41(37-21-12-16-28-51(37)62-52)32-46(49)59-55-50(60)33-45-53(38-22-11-13-24-42(38)57(45,2)3)54(55)39-23-17-26-44-56(39)61(59)48-27-15-14-25-43(48)58(44,4)5/h8-17,19-34H,6-7,18H2,1-5H3. The van der Waals surface area contributed by atoms with Crippen LogP contribution >= 0.6 is 0 Å². The van der Waals surface area contributed by atoms with Crippen molar-refractivity contribution in [2.24, 2.45) is 0 Å². The van der Waals surface area contributed by atoms with Gasteiger partial charge in [0, 0.05) is 61.5 Å². The van der Waals surface area contributed by atoms with Crippen LogP contribution in [0.4, 0.5) is 28.4 Å². The summed E-state index contributed by atoms with van der Waals surface area (Å²) in [6.45, 7) is 11.9. The summed E-state index contributed by atoms with van der Waals surface area (Å²) in [6, 6.07) is 59.8. The van der Waals surface area contributed by atoms with Gasteiger partial charge in [-0.2, -0.15) is 0 Å². The monoisotopic (exact) mass is 798 g/mol. The highest BCUT2D eigenvalue weighted by Crippen LogP contribution is 2.61. The minimum Gasteiger partial charge on any atom is -0.456 e. The number of benzene rings is 8. The van der Waals surface area contributed by atoms with Crippen molar-refractivity contribution in [1.29, 1.82) is 0 Å². The Morgan fingerprint density at radius 2 is 1.24 bits per heavy atom. The maximum absolute atomic E-state index is 6.81. The van der Waals surface area contributed by atoms with Crippen molar-refractivity contribution in [3.05, 3.63) is 186 Å². The third-order valence-corrected chi connectivity index (χ3v) is 15.0. The van der Waals surface area contributed by atoms with E-state index < -0.39 is 0 Å². The number of hydrogen-bond donors (Lipinski definition) is 0. The van der Waals surface area contributed by atoms with E-state index in [1.54, 1.807) is 0 Å². The number of fused-ring (bicyclic) bond motifs is 13. The second-order valence-electron chi connectivity index (χ2n) is 19.1.